The minimum atomic E-state index is -1.09. The van der Waals surface area contributed by atoms with Crippen molar-refractivity contribution in [3.63, 3.8) is 0 Å². The van der Waals surface area contributed by atoms with Gasteiger partial charge in [-0.15, -0.1) is 0 Å². The molecule has 0 aromatic carbocycles. The van der Waals surface area contributed by atoms with Crippen LogP contribution in [0.5, 0.6) is 0 Å². The first-order valence-corrected chi connectivity index (χ1v) is 4.27. The number of pyridine rings is 1. The van der Waals surface area contributed by atoms with Gasteiger partial charge in [0.05, 0.1) is 0 Å². The molecule has 1 rings (SSSR count). The highest BCUT2D eigenvalue weighted by atomic mass is 16.4. The van der Waals surface area contributed by atoms with Crippen molar-refractivity contribution in [3.05, 3.63) is 24.0 Å². The van der Waals surface area contributed by atoms with E-state index in [2.05, 4.69) is 15.6 Å². The molecule has 6 heteroatoms. The molecule has 1 aromatic heterocycles. The van der Waals surface area contributed by atoms with Crippen LogP contribution in [0, 0.1) is 6.92 Å². The Bertz CT molecular complexity index is 379. The number of aryl methyl sites for hydroxylation is 1. The molecule has 6 nitrogen and oxygen atoms in total. The van der Waals surface area contributed by atoms with Crippen molar-refractivity contribution >= 4 is 17.7 Å². The third kappa shape index (κ3) is 3.63. The second-order valence-corrected chi connectivity index (χ2v) is 2.89. The van der Waals surface area contributed by atoms with E-state index in [0.29, 0.717) is 5.69 Å². The number of hydrogen-bond donors (Lipinski definition) is 3. The second kappa shape index (κ2) is 4.94. The van der Waals surface area contributed by atoms with Crippen LogP contribution in [-0.2, 0) is 4.79 Å². The van der Waals surface area contributed by atoms with Crippen molar-refractivity contribution in [2.24, 2.45) is 0 Å². The Labute approximate surface area is 86.3 Å². The van der Waals surface area contributed by atoms with Gasteiger partial charge in [-0.3, -0.25) is 9.78 Å². The van der Waals surface area contributed by atoms with Gasteiger partial charge in [-0.25, -0.2) is 4.79 Å². The van der Waals surface area contributed by atoms with E-state index in [1.165, 1.54) is 0 Å². The van der Waals surface area contributed by atoms with Gasteiger partial charge < -0.3 is 15.7 Å². The highest BCUT2D eigenvalue weighted by molar-refractivity contribution is 5.91. The lowest BCUT2D eigenvalue weighted by Crippen LogP contribution is -2.33. The summed E-state index contributed by atoms with van der Waals surface area (Å²) in [6.45, 7) is 1.38. The monoisotopic (exact) mass is 209 g/mol. The highest BCUT2D eigenvalue weighted by Gasteiger charge is 2.04. The Morgan fingerprint density at radius 1 is 1.53 bits per heavy atom. The van der Waals surface area contributed by atoms with Gasteiger partial charge in [0.2, 0.25) is 0 Å². The molecule has 1 heterocycles. The van der Waals surface area contributed by atoms with Crippen LogP contribution in [0.1, 0.15) is 5.56 Å². The maximum atomic E-state index is 11.2. The van der Waals surface area contributed by atoms with E-state index in [1.807, 2.05) is 0 Å². The number of carboxylic acids is 1. The molecule has 1 aromatic rings. The first-order valence-electron chi connectivity index (χ1n) is 4.27. The third-order valence-corrected chi connectivity index (χ3v) is 1.67. The molecule has 0 radical (unpaired) electrons. The van der Waals surface area contributed by atoms with Gasteiger partial charge in [0, 0.05) is 18.1 Å². The van der Waals surface area contributed by atoms with Crippen LogP contribution < -0.4 is 10.6 Å². The Balaban J connectivity index is 2.52. The number of hydrogen-bond acceptors (Lipinski definition) is 3. The molecule has 3 N–H and O–H groups in total. The minimum absolute atomic E-state index is 0.407. The normalized spacial score (nSPS) is 9.40. The van der Waals surface area contributed by atoms with E-state index in [4.69, 9.17) is 5.11 Å². The van der Waals surface area contributed by atoms with Gasteiger partial charge in [-0.1, -0.05) is 0 Å². The summed E-state index contributed by atoms with van der Waals surface area (Å²) in [5.74, 6) is -1.09. The predicted molar refractivity (Wildman–Crippen MR) is 53.6 cm³/mol. The summed E-state index contributed by atoms with van der Waals surface area (Å²) < 4.78 is 0. The van der Waals surface area contributed by atoms with Gasteiger partial charge >= 0.3 is 12.0 Å². The minimum Gasteiger partial charge on any atom is -0.480 e. The Hall–Kier alpha value is -2.11. The molecule has 2 amide bonds. The van der Waals surface area contributed by atoms with Crippen LogP contribution >= 0.6 is 0 Å². The van der Waals surface area contributed by atoms with Gasteiger partial charge in [-0.2, -0.15) is 0 Å². The van der Waals surface area contributed by atoms with Crippen molar-refractivity contribution in [1.82, 2.24) is 10.3 Å². The van der Waals surface area contributed by atoms with Crippen LogP contribution in [-0.4, -0.2) is 28.6 Å². The molecular weight excluding hydrogens is 198 g/mol. The molecule has 0 aliphatic carbocycles. The fourth-order valence-electron chi connectivity index (χ4n) is 0.936. The van der Waals surface area contributed by atoms with E-state index < -0.39 is 18.5 Å². The average molecular weight is 209 g/mol. The molecule has 0 unspecified atom stereocenters. The molecule has 0 aliphatic heterocycles. The number of nitrogens with one attached hydrogen (secondary N) is 2. The van der Waals surface area contributed by atoms with E-state index in [1.54, 1.807) is 25.4 Å². The molecular formula is C9H11N3O3. The van der Waals surface area contributed by atoms with Gasteiger partial charge in [0.1, 0.15) is 6.54 Å². The van der Waals surface area contributed by atoms with E-state index in [0.717, 1.165) is 5.56 Å². The highest BCUT2D eigenvalue weighted by Crippen LogP contribution is 2.10. The number of carboxylic acid groups (broad SMARTS) is 1. The smallest absolute Gasteiger partial charge is 0.323 e. The Morgan fingerprint density at radius 3 is 2.87 bits per heavy atom. The van der Waals surface area contributed by atoms with Crippen molar-refractivity contribution in [1.29, 1.82) is 0 Å². The first kappa shape index (κ1) is 11.0. The zero-order chi connectivity index (χ0) is 11.3. The van der Waals surface area contributed by atoms with Crippen molar-refractivity contribution in [2.75, 3.05) is 11.9 Å². The number of anilines is 1. The second-order valence-electron chi connectivity index (χ2n) is 2.89. The molecule has 0 fully saturated rings. The van der Waals surface area contributed by atoms with Crippen LogP contribution in [0.25, 0.3) is 0 Å². The standard InChI is InChI=1S/C9H11N3O3/c1-6-4-10-3-2-7(6)12-9(15)11-5-8(13)14/h2-4H,5H2,1H3,(H,13,14)(H2,10,11,12,15). The zero-order valence-corrected chi connectivity index (χ0v) is 8.15. The summed E-state index contributed by atoms with van der Waals surface area (Å²) >= 11 is 0. The fourth-order valence-corrected chi connectivity index (χ4v) is 0.936. The maximum absolute atomic E-state index is 11.2. The molecule has 0 saturated heterocycles. The fraction of sp³-hybridized carbons (Fsp3) is 0.222. The Morgan fingerprint density at radius 2 is 2.27 bits per heavy atom. The van der Waals surface area contributed by atoms with Crippen LogP contribution in [0.3, 0.4) is 0 Å². The largest absolute Gasteiger partial charge is 0.480 e. The summed E-state index contributed by atoms with van der Waals surface area (Å²) in [4.78, 5) is 25.2. The average Bonchev–Trinajstić information content (AvgIpc) is 2.18. The lowest BCUT2D eigenvalue weighted by atomic mass is 10.2. The molecule has 0 spiro atoms. The molecule has 0 saturated carbocycles. The number of carbonyl (C=O) groups is 2. The summed E-state index contributed by atoms with van der Waals surface area (Å²) in [5.41, 5.74) is 1.41. The topological polar surface area (TPSA) is 91.3 Å². The SMILES string of the molecule is Cc1cnccc1NC(=O)NCC(=O)O. The van der Waals surface area contributed by atoms with Gasteiger partial charge in [-0.05, 0) is 18.6 Å². The molecule has 0 atom stereocenters. The van der Waals surface area contributed by atoms with Crippen molar-refractivity contribution < 1.29 is 14.7 Å². The van der Waals surface area contributed by atoms with E-state index in [-0.39, 0.29) is 0 Å². The number of aromatic nitrogens is 1. The summed E-state index contributed by atoms with van der Waals surface area (Å²) in [6.07, 6.45) is 3.15. The van der Waals surface area contributed by atoms with Gasteiger partial charge in [0.15, 0.2) is 0 Å². The van der Waals surface area contributed by atoms with E-state index >= 15 is 0 Å². The predicted octanol–water partition coefficient (Wildman–Crippen LogP) is 0.596. The summed E-state index contributed by atoms with van der Waals surface area (Å²) in [6, 6.07) is 1.09. The van der Waals surface area contributed by atoms with Crippen LogP contribution in [0.15, 0.2) is 18.5 Å². The summed E-state index contributed by atoms with van der Waals surface area (Å²) in [5, 5.41) is 13.0. The van der Waals surface area contributed by atoms with Crippen molar-refractivity contribution in [2.45, 2.75) is 6.92 Å². The zero-order valence-electron chi connectivity index (χ0n) is 8.15. The third-order valence-electron chi connectivity index (χ3n) is 1.67. The summed E-state index contributed by atoms with van der Waals surface area (Å²) in [7, 11) is 0. The maximum Gasteiger partial charge on any atom is 0.323 e. The van der Waals surface area contributed by atoms with E-state index in [9.17, 15) is 9.59 Å². The number of urea groups is 1. The number of aliphatic carboxylic acids is 1. The molecule has 0 bridgehead atoms. The quantitative estimate of drug-likeness (QED) is 0.679. The first-order chi connectivity index (χ1) is 7.09. The van der Waals surface area contributed by atoms with Crippen molar-refractivity contribution in [3.8, 4) is 0 Å². The number of amides is 2. The lowest BCUT2D eigenvalue weighted by molar-refractivity contribution is -0.135. The lowest BCUT2D eigenvalue weighted by Gasteiger charge is -2.07. The van der Waals surface area contributed by atoms with Gasteiger partial charge in [0.25, 0.3) is 0 Å². The number of carbonyl (C=O) groups excluding carboxylic acids is 1. The van der Waals surface area contributed by atoms with Crippen LogP contribution in [0.2, 0.25) is 0 Å². The number of nitrogens with zero attached hydrogens (tertiary/aromatic N) is 1. The Kier molecular flexibility index (Phi) is 3.61. The molecule has 15 heavy (non-hydrogen) atoms. The molecule has 80 valence electrons. The molecule has 0 aliphatic rings. The van der Waals surface area contributed by atoms with Crippen LogP contribution in [0.4, 0.5) is 10.5 Å². The number of rotatable bonds is 3.